The average molecular weight is 325 g/mol. The molecule has 0 unspecified atom stereocenters. The van der Waals surface area contributed by atoms with Crippen molar-refractivity contribution in [1.29, 1.82) is 0 Å². The van der Waals surface area contributed by atoms with E-state index in [0.717, 1.165) is 29.4 Å². The Morgan fingerprint density at radius 3 is 2.43 bits per heavy atom. The predicted octanol–water partition coefficient (Wildman–Crippen LogP) is 2.36. The van der Waals surface area contributed by atoms with Gasteiger partial charge in [-0.25, -0.2) is 17.7 Å². The van der Waals surface area contributed by atoms with E-state index in [1.807, 2.05) is 6.92 Å². The smallest absolute Gasteiger partial charge is 0.242 e. The third-order valence-electron chi connectivity index (χ3n) is 3.01. The summed E-state index contributed by atoms with van der Waals surface area (Å²) < 4.78 is 25.1. The molecule has 0 saturated heterocycles. The van der Waals surface area contributed by atoms with Gasteiger partial charge in [-0.1, -0.05) is 0 Å². The van der Waals surface area contributed by atoms with Crippen LogP contribution in [0.4, 0.5) is 5.69 Å². The molecular formula is C14H19N3O2S2. The average Bonchev–Trinajstić information content (AvgIpc) is 2.85. The minimum atomic E-state index is -3.36. The van der Waals surface area contributed by atoms with E-state index in [2.05, 4.69) is 15.7 Å². The molecule has 21 heavy (non-hydrogen) atoms. The topological polar surface area (TPSA) is 62.3 Å². The molecule has 0 spiro atoms. The van der Waals surface area contributed by atoms with Gasteiger partial charge >= 0.3 is 0 Å². The van der Waals surface area contributed by atoms with Crippen molar-refractivity contribution in [3.05, 3.63) is 40.3 Å². The van der Waals surface area contributed by atoms with Gasteiger partial charge in [0, 0.05) is 38.1 Å². The van der Waals surface area contributed by atoms with Gasteiger partial charge in [0.2, 0.25) is 10.0 Å². The lowest BCUT2D eigenvalue weighted by atomic mass is 10.3. The predicted molar refractivity (Wildman–Crippen MR) is 86.4 cm³/mol. The van der Waals surface area contributed by atoms with Crippen molar-refractivity contribution in [2.24, 2.45) is 0 Å². The van der Waals surface area contributed by atoms with Crippen LogP contribution in [0, 0.1) is 6.92 Å². The third kappa shape index (κ3) is 4.03. The molecule has 1 aromatic heterocycles. The number of thiazole rings is 1. The summed E-state index contributed by atoms with van der Waals surface area (Å²) in [5.74, 6) is 0. The maximum absolute atomic E-state index is 11.9. The maximum atomic E-state index is 11.9. The lowest BCUT2D eigenvalue weighted by molar-refractivity contribution is 0.521. The van der Waals surface area contributed by atoms with Crippen LogP contribution in [0.1, 0.15) is 10.7 Å². The Morgan fingerprint density at radius 2 is 1.90 bits per heavy atom. The number of sulfonamides is 1. The molecule has 0 amide bonds. The lowest BCUT2D eigenvalue weighted by Gasteiger charge is -2.12. The SMILES string of the molecule is Cc1nc(CCNc2ccc(S(=O)(=O)N(C)C)cc2)cs1. The van der Waals surface area contributed by atoms with E-state index >= 15 is 0 Å². The molecule has 2 aromatic rings. The van der Waals surface area contributed by atoms with Gasteiger partial charge in [-0.3, -0.25) is 0 Å². The molecule has 0 aliphatic heterocycles. The van der Waals surface area contributed by atoms with Gasteiger partial charge in [0.25, 0.3) is 0 Å². The number of rotatable bonds is 6. The molecule has 0 radical (unpaired) electrons. The number of anilines is 1. The summed E-state index contributed by atoms with van der Waals surface area (Å²) in [6, 6.07) is 6.79. The molecule has 0 aliphatic rings. The fraction of sp³-hybridized carbons (Fsp3) is 0.357. The fourth-order valence-electron chi connectivity index (χ4n) is 1.81. The second kappa shape index (κ2) is 6.55. The quantitative estimate of drug-likeness (QED) is 0.885. The second-order valence-electron chi connectivity index (χ2n) is 4.85. The first-order valence-electron chi connectivity index (χ1n) is 6.57. The van der Waals surface area contributed by atoms with Gasteiger partial charge in [0.1, 0.15) is 0 Å². The molecule has 114 valence electrons. The Morgan fingerprint density at radius 1 is 1.24 bits per heavy atom. The van der Waals surface area contributed by atoms with Crippen LogP contribution < -0.4 is 5.32 Å². The monoisotopic (exact) mass is 325 g/mol. The van der Waals surface area contributed by atoms with Gasteiger partial charge in [-0.2, -0.15) is 0 Å². The van der Waals surface area contributed by atoms with Crippen LogP contribution in [0.15, 0.2) is 34.5 Å². The first kappa shape index (κ1) is 15.9. The molecule has 1 aromatic carbocycles. The summed E-state index contributed by atoms with van der Waals surface area (Å²) in [7, 11) is -0.307. The first-order chi connectivity index (χ1) is 9.89. The normalized spacial score (nSPS) is 11.8. The molecule has 1 heterocycles. The van der Waals surface area contributed by atoms with Crippen molar-refractivity contribution in [2.45, 2.75) is 18.2 Å². The Labute approximate surface area is 129 Å². The van der Waals surface area contributed by atoms with Crippen LogP contribution in [0.5, 0.6) is 0 Å². The van der Waals surface area contributed by atoms with E-state index in [0.29, 0.717) is 4.90 Å². The van der Waals surface area contributed by atoms with Crippen molar-refractivity contribution in [2.75, 3.05) is 26.0 Å². The van der Waals surface area contributed by atoms with Gasteiger partial charge in [-0.05, 0) is 31.2 Å². The second-order valence-corrected chi connectivity index (χ2v) is 8.06. The van der Waals surface area contributed by atoms with Gasteiger partial charge < -0.3 is 5.32 Å². The van der Waals surface area contributed by atoms with Gasteiger partial charge in [0.15, 0.2) is 0 Å². The Bertz CT molecular complexity index is 691. The molecule has 0 aliphatic carbocycles. The van der Waals surface area contributed by atoms with Crippen molar-refractivity contribution in [3.63, 3.8) is 0 Å². The third-order valence-corrected chi connectivity index (χ3v) is 5.66. The standard InChI is InChI=1S/C14H19N3O2S2/c1-11-16-13(10-20-11)8-9-15-12-4-6-14(7-5-12)21(18,19)17(2)3/h4-7,10,15H,8-9H2,1-3H3. The van der Waals surface area contributed by atoms with Crippen LogP contribution in [0.2, 0.25) is 0 Å². The molecule has 0 fully saturated rings. The number of hydrogen-bond acceptors (Lipinski definition) is 5. The van der Waals surface area contributed by atoms with Crippen LogP contribution in [0.25, 0.3) is 0 Å². The van der Waals surface area contributed by atoms with E-state index in [9.17, 15) is 8.42 Å². The van der Waals surface area contributed by atoms with Crippen LogP contribution >= 0.6 is 11.3 Å². The number of benzene rings is 1. The summed E-state index contributed by atoms with van der Waals surface area (Å²) in [6.45, 7) is 2.76. The highest BCUT2D eigenvalue weighted by atomic mass is 32.2. The molecule has 5 nitrogen and oxygen atoms in total. The van der Waals surface area contributed by atoms with E-state index in [1.54, 1.807) is 35.6 Å². The summed E-state index contributed by atoms with van der Waals surface area (Å²) in [4.78, 5) is 4.70. The van der Waals surface area contributed by atoms with Crippen molar-refractivity contribution in [1.82, 2.24) is 9.29 Å². The Balaban J connectivity index is 1.94. The Kier molecular flexibility index (Phi) is 4.97. The van der Waals surface area contributed by atoms with Crippen molar-refractivity contribution in [3.8, 4) is 0 Å². The number of hydrogen-bond donors (Lipinski definition) is 1. The molecule has 0 atom stereocenters. The zero-order chi connectivity index (χ0) is 15.5. The van der Waals surface area contributed by atoms with Crippen LogP contribution in [0.3, 0.4) is 0 Å². The van der Waals surface area contributed by atoms with Crippen LogP contribution in [-0.2, 0) is 16.4 Å². The van der Waals surface area contributed by atoms with E-state index in [1.165, 1.54) is 18.4 Å². The van der Waals surface area contributed by atoms with E-state index in [4.69, 9.17) is 0 Å². The molecule has 2 rings (SSSR count). The van der Waals surface area contributed by atoms with Crippen molar-refractivity contribution < 1.29 is 8.42 Å². The number of nitrogens with zero attached hydrogens (tertiary/aromatic N) is 2. The highest BCUT2D eigenvalue weighted by Crippen LogP contribution is 2.16. The zero-order valence-corrected chi connectivity index (χ0v) is 14.0. The first-order valence-corrected chi connectivity index (χ1v) is 8.89. The van der Waals surface area contributed by atoms with E-state index in [-0.39, 0.29) is 0 Å². The lowest BCUT2D eigenvalue weighted by Crippen LogP contribution is -2.22. The number of aromatic nitrogens is 1. The minimum absolute atomic E-state index is 0.299. The minimum Gasteiger partial charge on any atom is -0.385 e. The highest BCUT2D eigenvalue weighted by Gasteiger charge is 2.16. The Hall–Kier alpha value is -1.44. The molecular weight excluding hydrogens is 306 g/mol. The zero-order valence-electron chi connectivity index (χ0n) is 12.3. The maximum Gasteiger partial charge on any atom is 0.242 e. The summed E-state index contributed by atoms with van der Waals surface area (Å²) >= 11 is 1.65. The molecule has 0 saturated carbocycles. The molecule has 7 heteroatoms. The molecule has 1 N–H and O–H groups in total. The fourth-order valence-corrected chi connectivity index (χ4v) is 3.36. The van der Waals surface area contributed by atoms with Gasteiger partial charge in [0.05, 0.1) is 15.6 Å². The summed E-state index contributed by atoms with van der Waals surface area (Å²) in [6.07, 6.45) is 0.849. The highest BCUT2D eigenvalue weighted by molar-refractivity contribution is 7.89. The number of aryl methyl sites for hydroxylation is 1. The summed E-state index contributed by atoms with van der Waals surface area (Å²) in [5, 5.41) is 6.40. The summed E-state index contributed by atoms with van der Waals surface area (Å²) in [5.41, 5.74) is 1.98. The largest absolute Gasteiger partial charge is 0.385 e. The van der Waals surface area contributed by atoms with E-state index < -0.39 is 10.0 Å². The number of nitrogens with one attached hydrogen (secondary N) is 1. The van der Waals surface area contributed by atoms with Crippen molar-refractivity contribution >= 4 is 27.0 Å². The van der Waals surface area contributed by atoms with Crippen LogP contribution in [-0.4, -0.2) is 38.3 Å². The van der Waals surface area contributed by atoms with Gasteiger partial charge in [-0.15, -0.1) is 11.3 Å². The molecule has 0 bridgehead atoms.